The minimum atomic E-state index is -4.58. The number of carbonyl (C=O) groups is 1. The van der Waals surface area contributed by atoms with Gasteiger partial charge in [-0.3, -0.25) is 9.36 Å². The number of aliphatic hydroxyl groups is 1. The minimum Gasteiger partial charge on any atom is -0.756 e. The summed E-state index contributed by atoms with van der Waals surface area (Å²) in [5, 5.41) is 13.7. The summed E-state index contributed by atoms with van der Waals surface area (Å²) in [6.45, 7) is 4.55. The van der Waals surface area contributed by atoms with Crippen LogP contribution in [0.3, 0.4) is 0 Å². The highest BCUT2D eigenvalue weighted by molar-refractivity contribution is 7.45. The Morgan fingerprint density at radius 3 is 1.74 bits per heavy atom. The lowest BCUT2D eigenvalue weighted by molar-refractivity contribution is -0.870. The standard InChI is InChI=1S/C38H75N2O6P/c1-6-8-10-12-14-16-18-19-20-21-22-23-25-27-29-31-37(41)36(35-46-47(43,44)45-34-33-40(3,4)5)39-38(42)32-30-28-26-24-17-15-13-11-9-7-2/h11,13,29,31,36-37,41H,6-10,12,14-28,30,32-35H2,1-5H3,(H-,39,42,43,44)/b13-11-,31-29+. The molecule has 0 radical (unpaired) electrons. The Labute approximate surface area is 290 Å². The zero-order valence-electron chi connectivity index (χ0n) is 31.2. The van der Waals surface area contributed by atoms with Crippen LogP contribution in [0.25, 0.3) is 0 Å². The van der Waals surface area contributed by atoms with Crippen LogP contribution in [0, 0.1) is 0 Å². The highest BCUT2D eigenvalue weighted by Gasteiger charge is 2.23. The molecule has 0 rings (SSSR count). The molecule has 0 saturated heterocycles. The van der Waals surface area contributed by atoms with Crippen molar-refractivity contribution in [2.75, 3.05) is 40.9 Å². The summed E-state index contributed by atoms with van der Waals surface area (Å²) in [5.74, 6) is -0.211. The van der Waals surface area contributed by atoms with Gasteiger partial charge in [0.05, 0.1) is 39.9 Å². The van der Waals surface area contributed by atoms with Gasteiger partial charge in [-0.15, -0.1) is 0 Å². The zero-order valence-corrected chi connectivity index (χ0v) is 32.1. The smallest absolute Gasteiger partial charge is 0.268 e. The first-order valence-corrected chi connectivity index (χ1v) is 20.7. The van der Waals surface area contributed by atoms with Crippen molar-refractivity contribution in [2.45, 2.75) is 174 Å². The fourth-order valence-electron chi connectivity index (χ4n) is 5.27. The van der Waals surface area contributed by atoms with E-state index in [-0.39, 0.29) is 19.1 Å². The van der Waals surface area contributed by atoms with Crippen molar-refractivity contribution in [2.24, 2.45) is 0 Å². The number of carbonyl (C=O) groups excluding carboxylic acids is 1. The fourth-order valence-corrected chi connectivity index (χ4v) is 5.99. The number of nitrogens with one attached hydrogen (secondary N) is 1. The maximum absolute atomic E-state index is 12.7. The Hall–Kier alpha value is -1.02. The molecular weight excluding hydrogens is 611 g/mol. The van der Waals surface area contributed by atoms with Gasteiger partial charge in [0, 0.05) is 6.42 Å². The van der Waals surface area contributed by atoms with Crippen molar-refractivity contribution in [1.29, 1.82) is 0 Å². The van der Waals surface area contributed by atoms with Crippen LogP contribution in [0.2, 0.25) is 0 Å². The van der Waals surface area contributed by atoms with Gasteiger partial charge in [0.1, 0.15) is 13.2 Å². The topological polar surface area (TPSA) is 108 Å². The number of phosphoric acid groups is 1. The second kappa shape index (κ2) is 31.0. The van der Waals surface area contributed by atoms with Gasteiger partial charge in [-0.05, 0) is 38.5 Å². The first-order chi connectivity index (χ1) is 22.5. The van der Waals surface area contributed by atoms with Crippen molar-refractivity contribution in [1.82, 2.24) is 5.32 Å². The summed E-state index contributed by atoms with van der Waals surface area (Å²) >= 11 is 0. The predicted molar refractivity (Wildman–Crippen MR) is 196 cm³/mol. The Kier molecular flexibility index (Phi) is 30.3. The summed E-state index contributed by atoms with van der Waals surface area (Å²) in [4.78, 5) is 25.1. The van der Waals surface area contributed by atoms with E-state index in [1.54, 1.807) is 6.08 Å². The largest absolute Gasteiger partial charge is 0.756 e. The molecule has 278 valence electrons. The third-order valence-corrected chi connectivity index (χ3v) is 9.35. The summed E-state index contributed by atoms with van der Waals surface area (Å²) in [6.07, 6.45) is 33.6. The van der Waals surface area contributed by atoms with Crippen LogP contribution >= 0.6 is 7.82 Å². The van der Waals surface area contributed by atoms with Crippen molar-refractivity contribution >= 4 is 13.7 Å². The Morgan fingerprint density at radius 1 is 0.723 bits per heavy atom. The van der Waals surface area contributed by atoms with E-state index in [0.29, 0.717) is 17.4 Å². The lowest BCUT2D eigenvalue weighted by atomic mass is 10.0. The Bertz CT molecular complexity index is 829. The second-order valence-electron chi connectivity index (χ2n) is 14.3. The lowest BCUT2D eigenvalue weighted by Crippen LogP contribution is -2.45. The van der Waals surface area contributed by atoms with E-state index in [1.807, 2.05) is 27.2 Å². The SMILES string of the molecule is CCC/C=C\CCCCCCCC(=O)NC(COP(=O)([O-])OCC[N+](C)(C)C)C(O)/C=C/CCCCCCCCCCCCCCC. The van der Waals surface area contributed by atoms with Gasteiger partial charge in [0.15, 0.2) is 0 Å². The predicted octanol–water partition coefficient (Wildman–Crippen LogP) is 9.16. The normalized spacial score (nSPS) is 15.0. The quantitative estimate of drug-likeness (QED) is 0.0303. The molecular formula is C38H75N2O6P. The third-order valence-electron chi connectivity index (χ3n) is 8.39. The molecule has 47 heavy (non-hydrogen) atoms. The summed E-state index contributed by atoms with van der Waals surface area (Å²) in [5.41, 5.74) is 0. The van der Waals surface area contributed by atoms with Crippen LogP contribution in [0.1, 0.15) is 162 Å². The van der Waals surface area contributed by atoms with E-state index in [2.05, 4.69) is 31.3 Å². The van der Waals surface area contributed by atoms with Crippen molar-refractivity contribution in [3.8, 4) is 0 Å². The van der Waals surface area contributed by atoms with E-state index in [4.69, 9.17) is 9.05 Å². The van der Waals surface area contributed by atoms with Crippen molar-refractivity contribution < 1.29 is 32.9 Å². The number of unbranched alkanes of at least 4 members (excludes halogenated alkanes) is 19. The molecule has 0 fully saturated rings. The van der Waals surface area contributed by atoms with E-state index in [0.717, 1.165) is 64.2 Å². The molecule has 0 aromatic heterocycles. The van der Waals surface area contributed by atoms with Gasteiger partial charge in [0.25, 0.3) is 7.82 Å². The maximum Gasteiger partial charge on any atom is 0.268 e. The molecule has 0 aliphatic heterocycles. The van der Waals surface area contributed by atoms with Gasteiger partial charge in [-0.2, -0.15) is 0 Å². The average Bonchev–Trinajstić information content (AvgIpc) is 3.01. The summed E-state index contributed by atoms with van der Waals surface area (Å²) in [7, 11) is 1.25. The average molecular weight is 687 g/mol. The van der Waals surface area contributed by atoms with E-state index in [1.165, 1.54) is 77.0 Å². The highest BCUT2D eigenvalue weighted by atomic mass is 31.2. The van der Waals surface area contributed by atoms with Crippen LogP contribution in [0.5, 0.6) is 0 Å². The number of phosphoric ester groups is 1. The van der Waals surface area contributed by atoms with Gasteiger partial charge >= 0.3 is 0 Å². The zero-order chi connectivity index (χ0) is 35.1. The molecule has 1 amide bonds. The Morgan fingerprint density at radius 2 is 1.21 bits per heavy atom. The molecule has 0 aliphatic rings. The molecule has 8 nitrogen and oxygen atoms in total. The van der Waals surface area contributed by atoms with Crippen molar-refractivity contribution in [3.05, 3.63) is 24.3 Å². The van der Waals surface area contributed by atoms with E-state index < -0.39 is 20.0 Å². The number of quaternary nitrogens is 1. The van der Waals surface area contributed by atoms with E-state index >= 15 is 0 Å². The lowest BCUT2D eigenvalue weighted by Gasteiger charge is -2.29. The minimum absolute atomic E-state index is 0.00207. The number of rotatable bonds is 34. The summed E-state index contributed by atoms with van der Waals surface area (Å²) < 4.78 is 23.1. The molecule has 0 bridgehead atoms. The molecule has 0 aromatic carbocycles. The molecule has 3 atom stereocenters. The Balaban J connectivity index is 4.53. The number of likely N-dealkylation sites (N-methyl/N-ethyl adjacent to an activating group) is 1. The molecule has 2 N–H and O–H groups in total. The number of nitrogens with zero attached hydrogens (tertiary/aromatic N) is 1. The molecule has 0 heterocycles. The maximum atomic E-state index is 12.7. The molecule has 0 aliphatic carbocycles. The molecule has 0 saturated carbocycles. The van der Waals surface area contributed by atoms with Gasteiger partial charge in [-0.1, -0.05) is 141 Å². The van der Waals surface area contributed by atoms with Gasteiger partial charge < -0.3 is 28.8 Å². The fraction of sp³-hybridized carbons (Fsp3) is 0.868. The first kappa shape index (κ1) is 46.0. The van der Waals surface area contributed by atoms with Crippen molar-refractivity contribution in [3.63, 3.8) is 0 Å². The number of hydrogen-bond acceptors (Lipinski definition) is 6. The highest BCUT2D eigenvalue weighted by Crippen LogP contribution is 2.38. The second-order valence-corrected chi connectivity index (χ2v) is 15.7. The van der Waals surface area contributed by atoms with Crippen LogP contribution < -0.4 is 10.2 Å². The number of amides is 1. The van der Waals surface area contributed by atoms with E-state index in [9.17, 15) is 19.4 Å². The number of aliphatic hydroxyl groups excluding tert-OH is 1. The van der Waals surface area contributed by atoms with Crippen LogP contribution in [-0.2, 0) is 18.4 Å². The first-order valence-electron chi connectivity index (χ1n) is 19.2. The van der Waals surface area contributed by atoms with Gasteiger partial charge in [0.2, 0.25) is 5.91 Å². The van der Waals surface area contributed by atoms with Crippen LogP contribution in [-0.4, -0.2) is 68.5 Å². The molecule has 3 unspecified atom stereocenters. The number of allylic oxidation sites excluding steroid dienone is 3. The van der Waals surface area contributed by atoms with Crippen LogP contribution in [0.4, 0.5) is 0 Å². The molecule has 0 spiro atoms. The number of hydrogen-bond donors (Lipinski definition) is 2. The van der Waals surface area contributed by atoms with Crippen LogP contribution in [0.15, 0.2) is 24.3 Å². The third kappa shape index (κ3) is 33.3. The summed E-state index contributed by atoms with van der Waals surface area (Å²) in [6, 6.07) is -0.885. The molecule has 9 heteroatoms. The monoisotopic (exact) mass is 687 g/mol. The molecule has 0 aromatic rings. The van der Waals surface area contributed by atoms with Gasteiger partial charge in [-0.25, -0.2) is 0 Å².